The highest BCUT2D eigenvalue weighted by Gasteiger charge is 2.23. The van der Waals surface area contributed by atoms with Gasteiger partial charge in [0, 0.05) is 12.2 Å². The molecule has 2 heterocycles. The van der Waals surface area contributed by atoms with Crippen molar-refractivity contribution in [2.45, 2.75) is 13.0 Å². The minimum Gasteiger partial charge on any atom is -0.338 e. The topological polar surface area (TPSA) is 88.3 Å². The van der Waals surface area contributed by atoms with Crippen LogP contribution in [0.25, 0.3) is 0 Å². The van der Waals surface area contributed by atoms with Crippen molar-refractivity contribution in [1.82, 2.24) is 10.3 Å². The zero-order chi connectivity index (χ0) is 12.4. The van der Waals surface area contributed by atoms with E-state index < -0.39 is 0 Å². The second-order valence-corrected chi connectivity index (χ2v) is 4.07. The van der Waals surface area contributed by atoms with Crippen molar-refractivity contribution in [2.24, 2.45) is 5.73 Å². The third-order valence-corrected chi connectivity index (χ3v) is 2.57. The molecule has 0 bridgehead atoms. The molecule has 0 aliphatic carbocycles. The molecule has 1 aromatic rings. The molecule has 17 heavy (non-hydrogen) atoms. The lowest BCUT2D eigenvalue weighted by molar-refractivity contribution is -0.130. The van der Waals surface area contributed by atoms with E-state index in [0.717, 1.165) is 5.56 Å². The fraction of sp³-hybridized carbons (Fsp3) is 0.364. The van der Waals surface area contributed by atoms with Crippen LogP contribution in [-0.4, -0.2) is 29.9 Å². The van der Waals surface area contributed by atoms with Gasteiger partial charge < -0.3 is 10.6 Å². The molecule has 2 amide bonds. The van der Waals surface area contributed by atoms with Crippen LogP contribution in [0.5, 0.6) is 0 Å². The zero-order valence-corrected chi connectivity index (χ0v) is 9.51. The summed E-state index contributed by atoms with van der Waals surface area (Å²) in [7, 11) is 0. The number of nitrogens with zero attached hydrogens (tertiary/aromatic N) is 2. The average molecular weight is 234 g/mol. The van der Waals surface area contributed by atoms with Crippen LogP contribution in [0.3, 0.4) is 0 Å². The highest BCUT2D eigenvalue weighted by atomic mass is 16.2. The lowest BCUT2D eigenvalue weighted by Gasteiger charge is -2.26. The van der Waals surface area contributed by atoms with E-state index in [2.05, 4.69) is 10.3 Å². The van der Waals surface area contributed by atoms with Gasteiger partial charge in [0.05, 0.1) is 13.1 Å². The number of hydrogen-bond donors (Lipinski definition) is 2. The summed E-state index contributed by atoms with van der Waals surface area (Å²) in [6.45, 7) is 2.17. The number of aromatic nitrogens is 1. The van der Waals surface area contributed by atoms with Crippen LogP contribution in [0.15, 0.2) is 18.3 Å². The van der Waals surface area contributed by atoms with Crippen LogP contribution in [0.1, 0.15) is 18.5 Å². The Morgan fingerprint density at radius 3 is 2.47 bits per heavy atom. The molecule has 1 aliphatic heterocycles. The van der Waals surface area contributed by atoms with Gasteiger partial charge in [0.25, 0.3) is 0 Å². The Kier molecular flexibility index (Phi) is 3.06. The summed E-state index contributed by atoms with van der Waals surface area (Å²) >= 11 is 0. The summed E-state index contributed by atoms with van der Waals surface area (Å²) in [5, 5.41) is 2.24. The van der Waals surface area contributed by atoms with Gasteiger partial charge in [0.15, 0.2) is 0 Å². The monoisotopic (exact) mass is 234 g/mol. The summed E-state index contributed by atoms with van der Waals surface area (Å²) in [4.78, 5) is 28.3. The quantitative estimate of drug-likeness (QED) is 0.677. The fourth-order valence-corrected chi connectivity index (χ4v) is 1.65. The molecule has 0 spiro atoms. The summed E-state index contributed by atoms with van der Waals surface area (Å²) in [6, 6.07) is 3.54. The number of pyridine rings is 1. The molecule has 0 aromatic carbocycles. The van der Waals surface area contributed by atoms with E-state index in [4.69, 9.17) is 5.73 Å². The van der Waals surface area contributed by atoms with Crippen LogP contribution in [0.2, 0.25) is 0 Å². The first-order valence-corrected chi connectivity index (χ1v) is 5.35. The van der Waals surface area contributed by atoms with Gasteiger partial charge in [-0.2, -0.15) is 0 Å². The molecule has 6 nitrogen and oxygen atoms in total. The van der Waals surface area contributed by atoms with E-state index >= 15 is 0 Å². The minimum absolute atomic E-state index is 0.0807. The molecule has 0 radical (unpaired) electrons. The van der Waals surface area contributed by atoms with Crippen LogP contribution in [0, 0.1) is 0 Å². The molecular formula is C11H14N4O2. The van der Waals surface area contributed by atoms with Crippen molar-refractivity contribution in [1.29, 1.82) is 0 Å². The number of rotatable bonds is 2. The van der Waals surface area contributed by atoms with Crippen LogP contribution < -0.4 is 16.0 Å². The largest absolute Gasteiger partial charge is 0.338 e. The summed E-state index contributed by atoms with van der Waals surface area (Å²) in [6.07, 6.45) is 1.66. The van der Waals surface area contributed by atoms with Gasteiger partial charge in [-0.3, -0.25) is 14.9 Å². The Labute approximate surface area is 98.8 Å². The van der Waals surface area contributed by atoms with Gasteiger partial charge in [-0.1, -0.05) is 6.07 Å². The van der Waals surface area contributed by atoms with E-state index in [0.29, 0.717) is 5.82 Å². The molecule has 3 N–H and O–H groups in total. The molecule has 6 heteroatoms. The molecule has 0 unspecified atom stereocenters. The van der Waals surface area contributed by atoms with Gasteiger partial charge >= 0.3 is 0 Å². The van der Waals surface area contributed by atoms with Crippen molar-refractivity contribution in [2.75, 3.05) is 18.0 Å². The predicted molar refractivity (Wildman–Crippen MR) is 62.2 cm³/mol. The first kappa shape index (κ1) is 11.5. The number of amides is 2. The number of nitrogens with two attached hydrogens (primary N) is 1. The molecule has 1 atom stereocenters. The van der Waals surface area contributed by atoms with E-state index in [-0.39, 0.29) is 30.9 Å². The molecule has 1 fully saturated rings. The van der Waals surface area contributed by atoms with Gasteiger partial charge in [0.2, 0.25) is 11.8 Å². The highest BCUT2D eigenvalue weighted by molar-refractivity contribution is 6.02. The minimum atomic E-state index is -0.306. The van der Waals surface area contributed by atoms with Crippen molar-refractivity contribution < 1.29 is 9.59 Å². The number of piperazine rings is 1. The third kappa shape index (κ3) is 2.59. The van der Waals surface area contributed by atoms with Gasteiger partial charge in [-0.05, 0) is 18.6 Å². The first-order valence-electron chi connectivity index (χ1n) is 5.35. The molecule has 0 saturated carbocycles. The SMILES string of the molecule is C[C@@H](N)c1ccc(N2CC(=O)NC(=O)C2)nc1. The number of carbonyl (C=O) groups excluding carboxylic acids is 2. The number of hydrogen-bond acceptors (Lipinski definition) is 5. The maximum absolute atomic E-state index is 11.2. The number of anilines is 1. The van der Waals surface area contributed by atoms with Crippen LogP contribution in [-0.2, 0) is 9.59 Å². The third-order valence-electron chi connectivity index (χ3n) is 2.57. The second-order valence-electron chi connectivity index (χ2n) is 4.07. The Hall–Kier alpha value is -1.95. The number of nitrogens with one attached hydrogen (secondary N) is 1. The van der Waals surface area contributed by atoms with E-state index in [9.17, 15) is 9.59 Å². The van der Waals surface area contributed by atoms with Gasteiger partial charge in [-0.25, -0.2) is 4.98 Å². The predicted octanol–water partition coefficient (Wildman–Crippen LogP) is -0.436. The van der Waals surface area contributed by atoms with Crippen LogP contribution in [0.4, 0.5) is 5.82 Å². The van der Waals surface area contributed by atoms with Crippen molar-refractivity contribution in [3.8, 4) is 0 Å². The van der Waals surface area contributed by atoms with Gasteiger partial charge in [-0.15, -0.1) is 0 Å². The number of imide groups is 1. The van der Waals surface area contributed by atoms with Crippen molar-refractivity contribution in [3.63, 3.8) is 0 Å². The summed E-state index contributed by atoms with van der Waals surface area (Å²) in [5.74, 6) is -0.00348. The van der Waals surface area contributed by atoms with E-state index in [1.807, 2.05) is 13.0 Å². The Bertz CT molecular complexity index is 425. The average Bonchev–Trinajstić information content (AvgIpc) is 2.28. The zero-order valence-electron chi connectivity index (χ0n) is 9.51. The molecule has 1 saturated heterocycles. The van der Waals surface area contributed by atoms with Crippen LogP contribution >= 0.6 is 0 Å². The summed E-state index contributed by atoms with van der Waals surface area (Å²) in [5.41, 5.74) is 6.63. The first-order chi connectivity index (χ1) is 8.06. The molecule has 1 aromatic heterocycles. The lowest BCUT2D eigenvalue weighted by atomic mass is 10.1. The van der Waals surface area contributed by atoms with E-state index in [1.165, 1.54) is 0 Å². The maximum Gasteiger partial charge on any atom is 0.246 e. The Morgan fingerprint density at radius 2 is 2.00 bits per heavy atom. The smallest absolute Gasteiger partial charge is 0.246 e. The van der Waals surface area contributed by atoms with E-state index in [1.54, 1.807) is 17.2 Å². The highest BCUT2D eigenvalue weighted by Crippen LogP contribution is 2.15. The number of carbonyl (C=O) groups is 2. The van der Waals surface area contributed by atoms with Gasteiger partial charge in [0.1, 0.15) is 5.82 Å². The Balaban J connectivity index is 2.16. The standard InChI is InChI=1S/C11H14N4O2/c1-7(12)8-2-3-9(13-4-8)15-5-10(16)14-11(17)6-15/h2-4,7H,5-6,12H2,1H3,(H,14,16,17)/t7-/m1/s1. The molecule has 2 rings (SSSR count). The molecule has 90 valence electrons. The van der Waals surface area contributed by atoms with Crippen molar-refractivity contribution >= 4 is 17.6 Å². The molecule has 1 aliphatic rings. The van der Waals surface area contributed by atoms with Crippen molar-refractivity contribution in [3.05, 3.63) is 23.9 Å². The maximum atomic E-state index is 11.2. The normalized spacial score (nSPS) is 17.9. The second kappa shape index (κ2) is 4.50. The Morgan fingerprint density at radius 1 is 1.35 bits per heavy atom. The lowest BCUT2D eigenvalue weighted by Crippen LogP contribution is -2.51. The fourth-order valence-electron chi connectivity index (χ4n) is 1.65. The molecular weight excluding hydrogens is 220 g/mol. The summed E-state index contributed by atoms with van der Waals surface area (Å²) < 4.78 is 0.